The highest BCUT2D eigenvalue weighted by Gasteiger charge is 2.40. The van der Waals surface area contributed by atoms with Gasteiger partial charge in [0.15, 0.2) is 5.60 Å². The van der Waals surface area contributed by atoms with Crippen molar-refractivity contribution in [2.45, 2.75) is 5.60 Å². The van der Waals surface area contributed by atoms with Gasteiger partial charge in [0.2, 0.25) is 0 Å². The summed E-state index contributed by atoms with van der Waals surface area (Å²) in [7, 11) is 0. The minimum Gasteiger partial charge on any atom is -0.372 e. The van der Waals surface area contributed by atoms with Crippen molar-refractivity contribution in [3.63, 3.8) is 0 Å². The van der Waals surface area contributed by atoms with Gasteiger partial charge >= 0.3 is 11.9 Å². The summed E-state index contributed by atoms with van der Waals surface area (Å²) in [6.45, 7) is 0. The fraction of sp³-hybridized carbons (Fsp3) is 0.0370. The van der Waals surface area contributed by atoms with Gasteiger partial charge in [-0.2, -0.15) is 0 Å². The lowest BCUT2D eigenvalue weighted by molar-refractivity contribution is -0.133. The zero-order chi connectivity index (χ0) is 24.7. The number of nitrogens with one attached hydrogen (secondary N) is 1. The minimum atomic E-state index is -1.98. The Balaban J connectivity index is 1.45. The molecule has 174 valence electrons. The summed E-state index contributed by atoms with van der Waals surface area (Å²) in [5.41, 5.74) is 2.66. The SMILES string of the molecule is O=C(ONc1ccc(N=NC(=O)C(O)(c2ccccc2)c2ccccc2)cc1)c1ccc(Br)cc1. The van der Waals surface area contributed by atoms with Gasteiger partial charge in [0, 0.05) is 4.47 Å². The van der Waals surface area contributed by atoms with E-state index < -0.39 is 17.5 Å². The largest absolute Gasteiger partial charge is 0.372 e. The number of rotatable bonds is 7. The summed E-state index contributed by atoms with van der Waals surface area (Å²) in [6.07, 6.45) is 0. The van der Waals surface area contributed by atoms with Crippen LogP contribution in [-0.4, -0.2) is 17.0 Å². The molecule has 1 amide bonds. The number of aliphatic hydroxyl groups is 1. The second kappa shape index (κ2) is 10.9. The molecule has 0 atom stereocenters. The number of amides is 1. The molecular weight excluding hydrogens is 510 g/mol. The highest BCUT2D eigenvalue weighted by Crippen LogP contribution is 2.31. The Hall–Kier alpha value is -4.14. The number of hydrogen-bond acceptors (Lipinski definition) is 6. The molecule has 4 rings (SSSR count). The maximum atomic E-state index is 13.1. The molecule has 0 fully saturated rings. The molecule has 7 nitrogen and oxygen atoms in total. The van der Waals surface area contributed by atoms with Crippen molar-refractivity contribution in [1.82, 2.24) is 0 Å². The average Bonchev–Trinajstić information content (AvgIpc) is 2.92. The third-order valence-corrected chi connectivity index (χ3v) is 5.69. The van der Waals surface area contributed by atoms with Crippen LogP contribution in [0.4, 0.5) is 11.4 Å². The molecule has 35 heavy (non-hydrogen) atoms. The molecule has 8 heteroatoms. The van der Waals surface area contributed by atoms with Gasteiger partial charge < -0.3 is 9.94 Å². The van der Waals surface area contributed by atoms with Crippen LogP contribution in [0.3, 0.4) is 0 Å². The lowest BCUT2D eigenvalue weighted by Gasteiger charge is -2.25. The number of benzene rings is 4. The lowest BCUT2D eigenvalue weighted by Crippen LogP contribution is -2.35. The van der Waals surface area contributed by atoms with Gasteiger partial charge in [0.25, 0.3) is 0 Å². The van der Waals surface area contributed by atoms with E-state index in [1.54, 1.807) is 109 Å². The molecule has 0 radical (unpaired) electrons. The van der Waals surface area contributed by atoms with E-state index in [4.69, 9.17) is 4.84 Å². The maximum absolute atomic E-state index is 13.1. The van der Waals surface area contributed by atoms with Crippen LogP contribution in [0.1, 0.15) is 21.5 Å². The summed E-state index contributed by atoms with van der Waals surface area (Å²) in [5, 5.41) is 19.2. The van der Waals surface area contributed by atoms with Crippen molar-refractivity contribution in [3.8, 4) is 0 Å². The van der Waals surface area contributed by atoms with Crippen molar-refractivity contribution in [2.75, 3.05) is 5.48 Å². The van der Waals surface area contributed by atoms with E-state index in [1.807, 2.05) is 0 Å². The van der Waals surface area contributed by atoms with Crippen LogP contribution in [0.25, 0.3) is 0 Å². The van der Waals surface area contributed by atoms with Gasteiger partial charge in [-0.25, -0.2) is 10.3 Å². The molecule has 0 saturated heterocycles. The number of anilines is 1. The van der Waals surface area contributed by atoms with Crippen LogP contribution in [0.5, 0.6) is 0 Å². The highest BCUT2D eigenvalue weighted by atomic mass is 79.9. The predicted octanol–water partition coefficient (Wildman–Crippen LogP) is 6.18. The Morgan fingerprint density at radius 3 is 1.86 bits per heavy atom. The van der Waals surface area contributed by atoms with Gasteiger partial charge in [-0.1, -0.05) is 76.6 Å². The molecule has 0 aromatic heterocycles. The third kappa shape index (κ3) is 5.68. The fourth-order valence-electron chi connectivity index (χ4n) is 3.29. The minimum absolute atomic E-state index is 0.381. The van der Waals surface area contributed by atoms with Crippen LogP contribution in [0.15, 0.2) is 124 Å². The van der Waals surface area contributed by atoms with E-state index in [0.717, 1.165) is 4.47 Å². The first-order valence-electron chi connectivity index (χ1n) is 10.6. The van der Waals surface area contributed by atoms with Gasteiger partial charge in [-0.15, -0.1) is 10.2 Å². The van der Waals surface area contributed by atoms with E-state index in [0.29, 0.717) is 28.1 Å². The van der Waals surface area contributed by atoms with Crippen molar-refractivity contribution in [2.24, 2.45) is 10.2 Å². The summed E-state index contributed by atoms with van der Waals surface area (Å²) < 4.78 is 0.858. The van der Waals surface area contributed by atoms with Crippen molar-refractivity contribution >= 4 is 39.2 Å². The topological polar surface area (TPSA) is 100 Å². The molecule has 2 N–H and O–H groups in total. The number of halogens is 1. The number of carbonyl (C=O) groups is 2. The molecule has 4 aromatic rings. The maximum Gasteiger partial charge on any atom is 0.362 e. The smallest absolute Gasteiger partial charge is 0.362 e. The first kappa shape index (κ1) is 24.0. The molecule has 0 aliphatic heterocycles. The number of nitrogens with zero attached hydrogens (tertiary/aromatic N) is 2. The summed E-state index contributed by atoms with van der Waals surface area (Å²) in [6, 6.07) is 30.4. The monoisotopic (exact) mass is 529 g/mol. The van der Waals surface area contributed by atoms with Crippen molar-refractivity contribution < 1.29 is 19.5 Å². The van der Waals surface area contributed by atoms with Gasteiger partial charge in [-0.05, 0) is 59.7 Å². The molecule has 0 spiro atoms. The Morgan fingerprint density at radius 1 is 0.771 bits per heavy atom. The Bertz CT molecular complexity index is 1290. The molecule has 0 unspecified atom stereocenters. The van der Waals surface area contributed by atoms with E-state index in [-0.39, 0.29) is 0 Å². The highest BCUT2D eigenvalue weighted by molar-refractivity contribution is 9.10. The molecule has 0 aliphatic carbocycles. The standard InChI is InChI=1S/C27H20BrN3O4/c28-22-13-11-19(12-14-22)25(32)35-31-24-17-15-23(16-18-24)29-30-26(33)27(34,20-7-3-1-4-8-20)21-9-5-2-6-10-21/h1-18,31,34H. The van der Waals surface area contributed by atoms with Crippen LogP contribution in [0, 0.1) is 0 Å². The molecule has 0 aliphatic rings. The Morgan fingerprint density at radius 2 is 1.31 bits per heavy atom. The molecule has 0 saturated carbocycles. The first-order valence-corrected chi connectivity index (χ1v) is 11.4. The lowest BCUT2D eigenvalue weighted by atomic mass is 9.86. The van der Waals surface area contributed by atoms with Crippen molar-refractivity contribution in [3.05, 3.63) is 130 Å². The van der Waals surface area contributed by atoms with Gasteiger partial charge in [0.1, 0.15) is 0 Å². The zero-order valence-corrected chi connectivity index (χ0v) is 19.9. The van der Waals surface area contributed by atoms with Crippen LogP contribution >= 0.6 is 15.9 Å². The van der Waals surface area contributed by atoms with E-state index in [2.05, 4.69) is 31.6 Å². The Kier molecular flexibility index (Phi) is 7.45. The summed E-state index contributed by atoms with van der Waals surface area (Å²) in [5.74, 6) is -1.35. The van der Waals surface area contributed by atoms with Crippen molar-refractivity contribution in [1.29, 1.82) is 0 Å². The van der Waals surface area contributed by atoms with Gasteiger partial charge in [0.05, 0.1) is 16.9 Å². The molecule has 0 bridgehead atoms. The number of carbonyl (C=O) groups excluding carboxylic acids is 2. The van der Waals surface area contributed by atoms with Crippen LogP contribution < -0.4 is 5.48 Å². The number of hydrogen-bond donors (Lipinski definition) is 2. The predicted molar refractivity (Wildman–Crippen MR) is 135 cm³/mol. The van der Waals surface area contributed by atoms with E-state index >= 15 is 0 Å². The molecular formula is C27H20BrN3O4. The van der Waals surface area contributed by atoms with E-state index in [9.17, 15) is 14.7 Å². The summed E-state index contributed by atoms with van der Waals surface area (Å²) in [4.78, 5) is 30.3. The third-order valence-electron chi connectivity index (χ3n) is 5.16. The normalized spacial score (nSPS) is 11.3. The zero-order valence-electron chi connectivity index (χ0n) is 18.3. The molecule has 0 heterocycles. The van der Waals surface area contributed by atoms with Crippen LogP contribution in [-0.2, 0) is 15.2 Å². The molecule has 4 aromatic carbocycles. The average molecular weight is 530 g/mol. The first-order chi connectivity index (χ1) is 17.0. The summed E-state index contributed by atoms with van der Waals surface area (Å²) >= 11 is 3.31. The quantitative estimate of drug-likeness (QED) is 0.220. The second-order valence-electron chi connectivity index (χ2n) is 7.49. The second-order valence-corrected chi connectivity index (χ2v) is 8.41. The van der Waals surface area contributed by atoms with E-state index in [1.165, 1.54) is 0 Å². The fourth-order valence-corrected chi connectivity index (χ4v) is 3.56. The van der Waals surface area contributed by atoms with Gasteiger partial charge in [-0.3, -0.25) is 4.79 Å². The van der Waals surface area contributed by atoms with Crippen LogP contribution in [0.2, 0.25) is 0 Å². The Labute approximate surface area is 210 Å². The number of azo groups is 1.